The topological polar surface area (TPSA) is 78.0 Å². The SMILES string of the molecule is NC(=O)CSc1nccn(-c2cccc(F)c2)c1=O. The zero-order valence-electron chi connectivity index (χ0n) is 9.75. The largest absolute Gasteiger partial charge is 0.369 e. The van der Waals surface area contributed by atoms with Gasteiger partial charge in [-0.15, -0.1) is 0 Å². The fourth-order valence-electron chi connectivity index (χ4n) is 1.46. The van der Waals surface area contributed by atoms with Crippen molar-refractivity contribution in [2.75, 3.05) is 5.75 Å². The summed E-state index contributed by atoms with van der Waals surface area (Å²) in [7, 11) is 0. The number of thioether (sulfide) groups is 1. The molecule has 5 nitrogen and oxygen atoms in total. The van der Waals surface area contributed by atoms with Crippen molar-refractivity contribution >= 4 is 17.7 Å². The highest BCUT2D eigenvalue weighted by Gasteiger charge is 2.08. The molecule has 0 aliphatic carbocycles. The van der Waals surface area contributed by atoms with Crippen molar-refractivity contribution in [3.8, 4) is 5.69 Å². The van der Waals surface area contributed by atoms with E-state index in [-0.39, 0.29) is 10.8 Å². The summed E-state index contributed by atoms with van der Waals surface area (Å²) in [5.74, 6) is -1.00. The van der Waals surface area contributed by atoms with Gasteiger partial charge in [0.1, 0.15) is 5.82 Å². The van der Waals surface area contributed by atoms with Crippen LogP contribution in [0.3, 0.4) is 0 Å². The van der Waals surface area contributed by atoms with E-state index in [2.05, 4.69) is 4.98 Å². The minimum absolute atomic E-state index is 0.0323. The van der Waals surface area contributed by atoms with Gasteiger partial charge >= 0.3 is 0 Å². The van der Waals surface area contributed by atoms with Crippen LogP contribution in [-0.4, -0.2) is 21.2 Å². The van der Waals surface area contributed by atoms with Crippen molar-refractivity contribution in [1.82, 2.24) is 9.55 Å². The lowest BCUT2D eigenvalue weighted by Gasteiger charge is -2.06. The molecule has 19 heavy (non-hydrogen) atoms. The third-order valence-corrected chi connectivity index (χ3v) is 3.23. The van der Waals surface area contributed by atoms with E-state index in [0.717, 1.165) is 11.8 Å². The zero-order chi connectivity index (χ0) is 13.8. The zero-order valence-corrected chi connectivity index (χ0v) is 10.6. The molecule has 2 aromatic rings. The van der Waals surface area contributed by atoms with Crippen LogP contribution in [0.2, 0.25) is 0 Å². The van der Waals surface area contributed by atoms with Gasteiger partial charge in [-0.1, -0.05) is 17.8 Å². The van der Waals surface area contributed by atoms with Gasteiger partial charge in [0.2, 0.25) is 5.91 Å². The van der Waals surface area contributed by atoms with Crippen LogP contribution in [-0.2, 0) is 4.79 Å². The summed E-state index contributed by atoms with van der Waals surface area (Å²) in [5, 5.41) is 0.144. The van der Waals surface area contributed by atoms with Crippen molar-refractivity contribution in [3.05, 3.63) is 52.8 Å². The molecule has 0 fully saturated rings. The predicted octanol–water partition coefficient (Wildman–Crippen LogP) is 0.949. The van der Waals surface area contributed by atoms with Crippen molar-refractivity contribution < 1.29 is 9.18 Å². The predicted molar refractivity (Wildman–Crippen MR) is 69.7 cm³/mol. The number of nitrogens with two attached hydrogens (primary N) is 1. The number of rotatable bonds is 4. The van der Waals surface area contributed by atoms with Crippen LogP contribution in [0.1, 0.15) is 0 Å². The Morgan fingerprint density at radius 2 is 2.26 bits per heavy atom. The number of primary amides is 1. The highest BCUT2D eigenvalue weighted by molar-refractivity contribution is 7.99. The van der Waals surface area contributed by atoms with Crippen LogP contribution in [0.25, 0.3) is 5.69 Å². The average Bonchev–Trinajstić information content (AvgIpc) is 2.37. The Labute approximate surface area is 112 Å². The molecule has 0 aliphatic heterocycles. The molecule has 1 aromatic carbocycles. The maximum Gasteiger partial charge on any atom is 0.287 e. The molecule has 0 saturated heterocycles. The highest BCUT2D eigenvalue weighted by atomic mass is 32.2. The second-order valence-corrected chi connectivity index (χ2v) is 4.61. The van der Waals surface area contributed by atoms with Gasteiger partial charge in [-0.05, 0) is 18.2 Å². The molecule has 0 bridgehead atoms. The highest BCUT2D eigenvalue weighted by Crippen LogP contribution is 2.12. The Bertz CT molecular complexity index is 672. The quantitative estimate of drug-likeness (QED) is 0.845. The van der Waals surface area contributed by atoms with Gasteiger partial charge in [-0.3, -0.25) is 14.2 Å². The van der Waals surface area contributed by atoms with Crippen LogP contribution >= 0.6 is 11.8 Å². The maximum absolute atomic E-state index is 13.1. The van der Waals surface area contributed by atoms with Crippen LogP contribution in [0.4, 0.5) is 4.39 Å². The molecular formula is C12H10FN3O2S. The molecular weight excluding hydrogens is 269 g/mol. The van der Waals surface area contributed by atoms with E-state index in [1.165, 1.54) is 35.2 Å². The fourth-order valence-corrected chi connectivity index (χ4v) is 2.10. The first kappa shape index (κ1) is 13.3. The van der Waals surface area contributed by atoms with E-state index in [1.54, 1.807) is 6.07 Å². The number of aromatic nitrogens is 2. The Kier molecular flexibility index (Phi) is 3.96. The number of benzene rings is 1. The van der Waals surface area contributed by atoms with E-state index in [0.29, 0.717) is 5.69 Å². The number of hydrogen-bond acceptors (Lipinski definition) is 4. The molecule has 2 N–H and O–H groups in total. The summed E-state index contributed by atoms with van der Waals surface area (Å²) in [6.45, 7) is 0. The van der Waals surface area contributed by atoms with Crippen molar-refractivity contribution in [3.63, 3.8) is 0 Å². The molecule has 0 unspecified atom stereocenters. The maximum atomic E-state index is 13.1. The first-order chi connectivity index (χ1) is 9.08. The standard InChI is InChI=1S/C12H10FN3O2S/c13-8-2-1-3-9(6-8)16-5-4-15-11(12(16)18)19-7-10(14)17/h1-6H,7H2,(H2,14,17). The second kappa shape index (κ2) is 5.66. The Morgan fingerprint density at radius 1 is 1.47 bits per heavy atom. The van der Waals surface area contributed by atoms with E-state index < -0.39 is 17.3 Å². The Morgan fingerprint density at radius 3 is 2.95 bits per heavy atom. The molecule has 0 atom stereocenters. The molecule has 98 valence electrons. The van der Waals surface area contributed by atoms with E-state index >= 15 is 0 Å². The van der Waals surface area contributed by atoms with Crippen molar-refractivity contribution in [2.24, 2.45) is 5.73 Å². The van der Waals surface area contributed by atoms with Gasteiger partial charge in [0, 0.05) is 12.4 Å². The normalized spacial score (nSPS) is 10.4. The first-order valence-corrected chi connectivity index (χ1v) is 6.31. The van der Waals surface area contributed by atoms with Gasteiger partial charge in [0.15, 0.2) is 5.03 Å². The summed E-state index contributed by atoms with van der Waals surface area (Å²) >= 11 is 0.955. The third-order valence-electron chi connectivity index (χ3n) is 2.25. The van der Waals surface area contributed by atoms with Crippen LogP contribution in [0.15, 0.2) is 46.5 Å². The number of hydrogen-bond donors (Lipinski definition) is 1. The number of carbonyl (C=O) groups excluding carboxylic acids is 1. The molecule has 0 radical (unpaired) electrons. The molecule has 2 rings (SSSR count). The fraction of sp³-hybridized carbons (Fsp3) is 0.0833. The van der Waals surface area contributed by atoms with Gasteiger partial charge in [-0.25, -0.2) is 9.37 Å². The summed E-state index contributed by atoms with van der Waals surface area (Å²) in [5.41, 5.74) is 4.99. The summed E-state index contributed by atoms with van der Waals surface area (Å²) < 4.78 is 14.4. The molecule has 7 heteroatoms. The number of amides is 1. The molecule has 0 aliphatic rings. The van der Waals surface area contributed by atoms with Crippen molar-refractivity contribution in [2.45, 2.75) is 5.03 Å². The molecule has 1 heterocycles. The second-order valence-electron chi connectivity index (χ2n) is 3.64. The lowest BCUT2D eigenvalue weighted by Crippen LogP contribution is -2.22. The van der Waals surface area contributed by atoms with Crippen LogP contribution < -0.4 is 11.3 Å². The molecule has 1 amide bonds. The lowest BCUT2D eigenvalue weighted by atomic mass is 10.3. The third kappa shape index (κ3) is 3.19. The van der Waals surface area contributed by atoms with Gasteiger partial charge < -0.3 is 5.73 Å². The van der Waals surface area contributed by atoms with Crippen LogP contribution in [0, 0.1) is 5.82 Å². The number of nitrogens with zero attached hydrogens (tertiary/aromatic N) is 2. The first-order valence-electron chi connectivity index (χ1n) is 5.32. The van der Waals surface area contributed by atoms with Crippen LogP contribution in [0.5, 0.6) is 0 Å². The summed E-state index contributed by atoms with van der Waals surface area (Å²) in [6, 6.07) is 5.64. The van der Waals surface area contributed by atoms with E-state index in [9.17, 15) is 14.0 Å². The average molecular weight is 279 g/mol. The van der Waals surface area contributed by atoms with Gasteiger partial charge in [0.25, 0.3) is 5.56 Å². The molecule has 0 saturated carbocycles. The minimum Gasteiger partial charge on any atom is -0.369 e. The Hall–Kier alpha value is -2.15. The number of halogens is 1. The lowest BCUT2D eigenvalue weighted by molar-refractivity contribution is -0.115. The van der Waals surface area contributed by atoms with Gasteiger partial charge in [-0.2, -0.15) is 0 Å². The smallest absolute Gasteiger partial charge is 0.287 e. The summed E-state index contributed by atoms with van der Waals surface area (Å²) in [4.78, 5) is 26.7. The Balaban J connectivity index is 2.40. The minimum atomic E-state index is -0.535. The van der Waals surface area contributed by atoms with E-state index in [1.807, 2.05) is 0 Å². The monoisotopic (exact) mass is 279 g/mol. The van der Waals surface area contributed by atoms with Crippen molar-refractivity contribution in [1.29, 1.82) is 0 Å². The number of carbonyl (C=O) groups is 1. The molecule has 0 spiro atoms. The van der Waals surface area contributed by atoms with Gasteiger partial charge in [0.05, 0.1) is 11.4 Å². The summed E-state index contributed by atoms with van der Waals surface area (Å²) in [6.07, 6.45) is 2.85. The van der Waals surface area contributed by atoms with E-state index in [4.69, 9.17) is 5.73 Å². The molecule has 1 aromatic heterocycles.